The van der Waals surface area contributed by atoms with Gasteiger partial charge >= 0.3 is 0 Å². The summed E-state index contributed by atoms with van der Waals surface area (Å²) in [6, 6.07) is 15.7. The summed E-state index contributed by atoms with van der Waals surface area (Å²) in [4.78, 5) is 15.8. The van der Waals surface area contributed by atoms with Crippen molar-refractivity contribution in [2.75, 3.05) is 40.5 Å². The number of sulfonamides is 1. The molecule has 1 unspecified atom stereocenters. The zero-order valence-electron chi connectivity index (χ0n) is 24.1. The fraction of sp³-hybridized carbons (Fsp3) is 0.387. The van der Waals surface area contributed by atoms with E-state index < -0.39 is 16.1 Å². The molecule has 9 heteroatoms. The van der Waals surface area contributed by atoms with Crippen LogP contribution in [0.15, 0.2) is 59.5 Å². The highest BCUT2D eigenvalue weighted by Gasteiger charge is 2.34. The highest BCUT2D eigenvalue weighted by atomic mass is 32.2. The lowest BCUT2D eigenvalue weighted by Crippen LogP contribution is -2.42. The van der Waals surface area contributed by atoms with Crippen LogP contribution in [0.4, 0.5) is 0 Å². The molecule has 0 fully saturated rings. The van der Waals surface area contributed by atoms with Crippen LogP contribution >= 0.6 is 0 Å². The molecule has 0 saturated carbocycles. The van der Waals surface area contributed by atoms with Gasteiger partial charge in [-0.3, -0.25) is 4.79 Å². The maximum absolute atomic E-state index is 13.9. The lowest BCUT2D eigenvalue weighted by Gasteiger charge is -2.37. The van der Waals surface area contributed by atoms with E-state index in [1.54, 1.807) is 45.1 Å². The van der Waals surface area contributed by atoms with E-state index in [-0.39, 0.29) is 17.4 Å². The van der Waals surface area contributed by atoms with Gasteiger partial charge in [0.2, 0.25) is 10.0 Å². The second-order valence-electron chi connectivity index (χ2n) is 9.92. The number of carbonyl (C=O) groups excluding carboxylic acids is 1. The molecule has 1 aliphatic rings. The number of carbonyl (C=O) groups is 1. The van der Waals surface area contributed by atoms with E-state index in [1.807, 2.05) is 38.1 Å². The Kier molecular flexibility index (Phi) is 9.05. The Labute approximate surface area is 237 Å². The van der Waals surface area contributed by atoms with Gasteiger partial charge in [0.05, 0.1) is 25.2 Å². The van der Waals surface area contributed by atoms with E-state index in [1.165, 1.54) is 16.4 Å². The number of hydrogen-bond donors (Lipinski definition) is 0. The molecule has 0 spiro atoms. The molecule has 3 aromatic carbocycles. The van der Waals surface area contributed by atoms with E-state index >= 15 is 0 Å². The van der Waals surface area contributed by atoms with Crippen LogP contribution in [0.3, 0.4) is 0 Å². The average molecular weight is 567 g/mol. The van der Waals surface area contributed by atoms with Gasteiger partial charge in [-0.05, 0) is 91.1 Å². The van der Waals surface area contributed by atoms with Crippen LogP contribution in [-0.2, 0) is 16.4 Å². The van der Waals surface area contributed by atoms with E-state index in [0.717, 1.165) is 28.0 Å². The molecule has 1 aliphatic heterocycles. The summed E-state index contributed by atoms with van der Waals surface area (Å²) in [5.74, 6) is 1.77. The van der Waals surface area contributed by atoms with Crippen LogP contribution in [0.2, 0.25) is 0 Å². The van der Waals surface area contributed by atoms with Crippen LogP contribution in [0.25, 0.3) is 0 Å². The Bertz CT molecular complexity index is 1450. The molecule has 1 atom stereocenters. The minimum atomic E-state index is -3.62. The highest BCUT2D eigenvalue weighted by Crippen LogP contribution is 2.39. The third-order valence-electron chi connectivity index (χ3n) is 7.31. The molecule has 0 aromatic heterocycles. The van der Waals surface area contributed by atoms with Crippen molar-refractivity contribution < 1.29 is 27.4 Å². The summed E-state index contributed by atoms with van der Waals surface area (Å²) in [7, 11) is -0.424. The average Bonchev–Trinajstić information content (AvgIpc) is 2.94. The summed E-state index contributed by atoms with van der Waals surface area (Å²) in [5.41, 5.74) is 4.61. The zero-order valence-corrected chi connectivity index (χ0v) is 24.9. The molecule has 3 aromatic rings. The van der Waals surface area contributed by atoms with Crippen LogP contribution in [0.5, 0.6) is 17.2 Å². The van der Waals surface area contributed by atoms with Gasteiger partial charge in [0, 0.05) is 25.2 Å². The monoisotopic (exact) mass is 566 g/mol. The van der Waals surface area contributed by atoms with Gasteiger partial charge in [-0.15, -0.1) is 0 Å². The van der Waals surface area contributed by atoms with Crippen molar-refractivity contribution in [1.29, 1.82) is 0 Å². The Morgan fingerprint density at radius 1 is 0.925 bits per heavy atom. The molecule has 8 nitrogen and oxygen atoms in total. The molecular weight excluding hydrogens is 528 g/mol. The summed E-state index contributed by atoms with van der Waals surface area (Å²) in [6.45, 7) is 9.12. The minimum absolute atomic E-state index is 0.170. The fourth-order valence-corrected chi connectivity index (χ4v) is 6.75. The van der Waals surface area contributed by atoms with Crippen LogP contribution in [-0.4, -0.2) is 64.0 Å². The second kappa shape index (κ2) is 12.3. The van der Waals surface area contributed by atoms with Crippen molar-refractivity contribution in [2.24, 2.45) is 0 Å². The van der Waals surface area contributed by atoms with Gasteiger partial charge in [-0.1, -0.05) is 19.9 Å². The second-order valence-corrected chi connectivity index (χ2v) is 11.9. The summed E-state index contributed by atoms with van der Waals surface area (Å²) >= 11 is 0. The van der Waals surface area contributed by atoms with Gasteiger partial charge < -0.3 is 19.1 Å². The largest absolute Gasteiger partial charge is 0.493 e. The molecule has 0 radical (unpaired) electrons. The molecule has 1 heterocycles. The third-order valence-corrected chi connectivity index (χ3v) is 9.38. The summed E-state index contributed by atoms with van der Waals surface area (Å²) in [5, 5.41) is 0. The van der Waals surface area contributed by atoms with Crippen molar-refractivity contribution in [3.05, 3.63) is 82.4 Å². The highest BCUT2D eigenvalue weighted by molar-refractivity contribution is 7.89. The molecule has 0 N–H and O–H groups in total. The first-order valence-corrected chi connectivity index (χ1v) is 14.9. The van der Waals surface area contributed by atoms with Crippen molar-refractivity contribution >= 4 is 15.9 Å². The number of amides is 1. The summed E-state index contributed by atoms with van der Waals surface area (Å²) in [6.07, 6.45) is 0.635. The topological polar surface area (TPSA) is 85.4 Å². The molecule has 1 amide bonds. The van der Waals surface area contributed by atoms with E-state index in [9.17, 15) is 13.2 Å². The Morgan fingerprint density at radius 2 is 1.52 bits per heavy atom. The normalized spacial score (nSPS) is 15.1. The van der Waals surface area contributed by atoms with Gasteiger partial charge in [0.1, 0.15) is 12.4 Å². The standard InChI is InChI=1S/C31H38N2O6S/c1-7-32(8-2)40(35,36)26-11-9-23(10-12-26)31(34)33-14-13-24-18-29(37-5)30(38-6)19-27(24)28(33)20-39-25-16-21(3)15-22(4)17-25/h9-12,15-19,28H,7-8,13-14,20H2,1-6H3. The quantitative estimate of drug-likeness (QED) is 0.337. The Balaban J connectivity index is 1.68. The molecule has 0 saturated heterocycles. The lowest BCUT2D eigenvalue weighted by molar-refractivity contribution is 0.0589. The predicted molar refractivity (Wildman–Crippen MR) is 155 cm³/mol. The van der Waals surface area contributed by atoms with E-state index in [2.05, 4.69) is 6.07 Å². The van der Waals surface area contributed by atoms with E-state index in [4.69, 9.17) is 14.2 Å². The van der Waals surface area contributed by atoms with Crippen LogP contribution in [0, 0.1) is 13.8 Å². The predicted octanol–water partition coefficient (Wildman–Crippen LogP) is 5.17. The molecule has 4 rings (SSSR count). The first kappa shape index (κ1) is 29.4. The summed E-state index contributed by atoms with van der Waals surface area (Å²) < 4.78 is 44.6. The van der Waals surface area contributed by atoms with E-state index in [0.29, 0.717) is 43.1 Å². The number of ether oxygens (including phenoxy) is 3. The Hall–Kier alpha value is -3.56. The molecular formula is C31H38N2O6S. The smallest absolute Gasteiger partial charge is 0.254 e. The van der Waals surface area contributed by atoms with Crippen LogP contribution < -0.4 is 14.2 Å². The molecule has 0 bridgehead atoms. The number of aryl methyl sites for hydroxylation is 2. The third kappa shape index (κ3) is 5.95. The number of rotatable bonds is 10. The first-order chi connectivity index (χ1) is 19.1. The number of benzene rings is 3. The number of nitrogens with zero attached hydrogens (tertiary/aromatic N) is 2. The number of hydrogen-bond acceptors (Lipinski definition) is 6. The maximum atomic E-state index is 13.9. The minimum Gasteiger partial charge on any atom is -0.493 e. The number of methoxy groups -OCH3 is 2. The fourth-order valence-electron chi connectivity index (χ4n) is 5.29. The van der Waals surface area contributed by atoms with Gasteiger partial charge in [0.25, 0.3) is 5.91 Å². The Morgan fingerprint density at radius 3 is 2.10 bits per heavy atom. The SMILES string of the molecule is CCN(CC)S(=O)(=O)c1ccc(C(=O)N2CCc3cc(OC)c(OC)cc3C2COc2cc(C)cc(C)c2)cc1. The maximum Gasteiger partial charge on any atom is 0.254 e. The molecule has 0 aliphatic carbocycles. The molecule has 214 valence electrons. The van der Waals surface area contributed by atoms with Gasteiger partial charge in [-0.25, -0.2) is 8.42 Å². The van der Waals surface area contributed by atoms with Crippen molar-refractivity contribution in [3.8, 4) is 17.2 Å². The van der Waals surface area contributed by atoms with Gasteiger partial charge in [-0.2, -0.15) is 4.31 Å². The van der Waals surface area contributed by atoms with Crippen LogP contribution in [0.1, 0.15) is 52.5 Å². The van der Waals surface area contributed by atoms with Crippen molar-refractivity contribution in [2.45, 2.75) is 45.1 Å². The zero-order chi connectivity index (χ0) is 29.0. The first-order valence-electron chi connectivity index (χ1n) is 13.5. The van der Waals surface area contributed by atoms with Gasteiger partial charge in [0.15, 0.2) is 11.5 Å². The lowest BCUT2D eigenvalue weighted by atomic mass is 9.91. The molecule has 40 heavy (non-hydrogen) atoms. The van der Waals surface area contributed by atoms with Crippen molar-refractivity contribution in [1.82, 2.24) is 9.21 Å². The number of fused-ring (bicyclic) bond motifs is 1. The van der Waals surface area contributed by atoms with Crippen molar-refractivity contribution in [3.63, 3.8) is 0 Å².